The molecule has 0 aliphatic rings. The number of carboxylic acid groups (broad SMARTS) is 1. The highest BCUT2D eigenvalue weighted by molar-refractivity contribution is 6.30. The van der Waals surface area contributed by atoms with Crippen molar-refractivity contribution in [2.24, 2.45) is 4.99 Å². The van der Waals surface area contributed by atoms with Gasteiger partial charge in [0.1, 0.15) is 12.4 Å². The summed E-state index contributed by atoms with van der Waals surface area (Å²) in [5, 5.41) is 9.58. The molecule has 0 fully saturated rings. The Morgan fingerprint density at radius 1 is 1.07 bits per heavy atom. The largest absolute Gasteiger partial charge is 0.488 e. The van der Waals surface area contributed by atoms with Gasteiger partial charge in [0.2, 0.25) is 0 Å². The number of aryl methyl sites for hydroxylation is 2. The molecule has 4 nitrogen and oxygen atoms in total. The fraction of sp³-hybridized carbons (Fsp3) is 0.130. The van der Waals surface area contributed by atoms with Gasteiger partial charge in [-0.1, -0.05) is 35.9 Å². The van der Waals surface area contributed by atoms with Crippen molar-refractivity contribution in [3.8, 4) is 5.75 Å². The molecular weight excluding hydrogens is 374 g/mol. The average Bonchev–Trinajstić information content (AvgIpc) is 2.68. The number of carboxylic acids is 1. The molecule has 3 rings (SSSR count). The summed E-state index contributed by atoms with van der Waals surface area (Å²) in [6.07, 6.45) is 1.75. The number of carbonyl (C=O) groups is 1. The second-order valence-electron chi connectivity index (χ2n) is 6.52. The predicted molar refractivity (Wildman–Crippen MR) is 112 cm³/mol. The van der Waals surface area contributed by atoms with Crippen LogP contribution in [0.4, 0.5) is 5.69 Å². The lowest BCUT2D eigenvalue weighted by molar-refractivity contribution is 0.0697. The van der Waals surface area contributed by atoms with Crippen LogP contribution in [0.15, 0.2) is 65.7 Å². The molecule has 0 saturated heterocycles. The second kappa shape index (κ2) is 8.72. The summed E-state index contributed by atoms with van der Waals surface area (Å²) >= 11 is 6.15. The Hall–Kier alpha value is -3.11. The Labute approximate surface area is 169 Å². The number of aliphatic imine (C=N–C) groups is 1. The lowest BCUT2D eigenvalue weighted by Crippen LogP contribution is -2.00. The number of aromatic carboxylic acids is 1. The normalized spacial score (nSPS) is 11.0. The zero-order valence-corrected chi connectivity index (χ0v) is 16.4. The molecule has 0 bridgehead atoms. The van der Waals surface area contributed by atoms with E-state index in [1.54, 1.807) is 48.7 Å². The molecule has 0 aliphatic carbocycles. The summed E-state index contributed by atoms with van der Waals surface area (Å²) in [6, 6.07) is 18.1. The van der Waals surface area contributed by atoms with Crippen molar-refractivity contribution in [3.05, 3.63) is 93.5 Å². The van der Waals surface area contributed by atoms with Crippen LogP contribution in [0.3, 0.4) is 0 Å². The van der Waals surface area contributed by atoms with Crippen LogP contribution in [-0.2, 0) is 6.61 Å². The Balaban J connectivity index is 1.79. The number of halogens is 1. The van der Waals surface area contributed by atoms with Crippen LogP contribution in [0.1, 0.15) is 32.6 Å². The van der Waals surface area contributed by atoms with Gasteiger partial charge in [0.15, 0.2) is 0 Å². The van der Waals surface area contributed by atoms with E-state index in [4.69, 9.17) is 21.4 Å². The molecule has 0 heterocycles. The SMILES string of the molecule is Cc1ccc(C)c(N=Cc2cc(Cl)ccc2OCc2ccc(C(=O)O)cc2)c1. The quantitative estimate of drug-likeness (QED) is 0.523. The van der Waals surface area contributed by atoms with Crippen LogP contribution in [0.25, 0.3) is 0 Å². The van der Waals surface area contributed by atoms with E-state index >= 15 is 0 Å². The van der Waals surface area contributed by atoms with Crippen molar-refractivity contribution in [2.75, 3.05) is 0 Å². The molecule has 0 amide bonds. The molecule has 142 valence electrons. The van der Waals surface area contributed by atoms with Gasteiger partial charge in [0.25, 0.3) is 0 Å². The summed E-state index contributed by atoms with van der Waals surface area (Å²) in [5.74, 6) is -0.295. The van der Waals surface area contributed by atoms with Gasteiger partial charge < -0.3 is 9.84 Å². The van der Waals surface area contributed by atoms with Crippen molar-refractivity contribution in [3.63, 3.8) is 0 Å². The molecular formula is C23H20ClNO3. The van der Waals surface area contributed by atoms with Crippen LogP contribution < -0.4 is 4.74 Å². The summed E-state index contributed by atoms with van der Waals surface area (Å²) in [7, 11) is 0. The zero-order chi connectivity index (χ0) is 20.1. The van der Waals surface area contributed by atoms with E-state index in [0.717, 1.165) is 27.9 Å². The van der Waals surface area contributed by atoms with Crippen LogP contribution in [-0.4, -0.2) is 17.3 Å². The van der Waals surface area contributed by atoms with Gasteiger partial charge >= 0.3 is 5.97 Å². The molecule has 5 heteroatoms. The maximum Gasteiger partial charge on any atom is 0.335 e. The average molecular weight is 394 g/mol. The zero-order valence-electron chi connectivity index (χ0n) is 15.6. The van der Waals surface area contributed by atoms with Crippen LogP contribution in [0, 0.1) is 13.8 Å². The Bertz CT molecular complexity index is 1030. The first-order chi connectivity index (χ1) is 13.4. The molecule has 0 aromatic heterocycles. The number of hydrogen-bond donors (Lipinski definition) is 1. The summed E-state index contributed by atoms with van der Waals surface area (Å²) in [4.78, 5) is 15.5. The van der Waals surface area contributed by atoms with Crippen molar-refractivity contribution < 1.29 is 14.6 Å². The minimum absolute atomic E-state index is 0.247. The number of hydrogen-bond acceptors (Lipinski definition) is 3. The molecule has 0 aliphatic heterocycles. The second-order valence-corrected chi connectivity index (χ2v) is 6.96. The molecule has 1 N–H and O–H groups in total. The van der Waals surface area contributed by atoms with Gasteiger partial charge in [0.05, 0.1) is 11.3 Å². The molecule has 0 unspecified atom stereocenters. The smallest absolute Gasteiger partial charge is 0.335 e. The maximum absolute atomic E-state index is 10.9. The minimum Gasteiger partial charge on any atom is -0.488 e. The van der Waals surface area contributed by atoms with E-state index in [0.29, 0.717) is 17.4 Å². The van der Waals surface area contributed by atoms with Crippen LogP contribution >= 0.6 is 11.6 Å². The Morgan fingerprint density at radius 3 is 2.54 bits per heavy atom. The van der Waals surface area contributed by atoms with Crippen molar-refractivity contribution in [1.29, 1.82) is 0 Å². The number of rotatable bonds is 6. The first-order valence-electron chi connectivity index (χ1n) is 8.78. The summed E-state index contributed by atoms with van der Waals surface area (Å²) < 4.78 is 5.92. The van der Waals surface area contributed by atoms with Gasteiger partial charge in [0, 0.05) is 16.8 Å². The fourth-order valence-corrected chi connectivity index (χ4v) is 2.83. The van der Waals surface area contributed by atoms with Gasteiger partial charge in [-0.3, -0.25) is 4.99 Å². The van der Waals surface area contributed by atoms with E-state index in [1.165, 1.54) is 0 Å². The summed E-state index contributed by atoms with van der Waals surface area (Å²) in [6.45, 7) is 4.36. The van der Waals surface area contributed by atoms with Crippen LogP contribution in [0.5, 0.6) is 5.75 Å². The molecule has 3 aromatic rings. The highest BCUT2D eigenvalue weighted by Crippen LogP contribution is 2.25. The third kappa shape index (κ3) is 4.99. The first-order valence-corrected chi connectivity index (χ1v) is 9.16. The van der Waals surface area contributed by atoms with Crippen molar-refractivity contribution >= 4 is 29.5 Å². The molecule has 28 heavy (non-hydrogen) atoms. The predicted octanol–water partition coefficient (Wildman–Crippen LogP) is 5.98. The highest BCUT2D eigenvalue weighted by Gasteiger charge is 2.06. The van der Waals surface area contributed by atoms with Gasteiger partial charge in [-0.05, 0) is 66.9 Å². The Kier molecular flexibility index (Phi) is 6.12. The summed E-state index contributed by atoms with van der Waals surface area (Å²) in [5.41, 5.74) is 5.02. The van der Waals surface area contributed by atoms with E-state index in [9.17, 15) is 4.79 Å². The van der Waals surface area contributed by atoms with E-state index in [-0.39, 0.29) is 5.56 Å². The highest BCUT2D eigenvalue weighted by atomic mass is 35.5. The van der Waals surface area contributed by atoms with Gasteiger partial charge in [-0.25, -0.2) is 4.79 Å². The van der Waals surface area contributed by atoms with E-state index in [2.05, 4.69) is 11.1 Å². The van der Waals surface area contributed by atoms with Gasteiger partial charge in [-0.2, -0.15) is 0 Å². The van der Waals surface area contributed by atoms with Gasteiger partial charge in [-0.15, -0.1) is 0 Å². The van der Waals surface area contributed by atoms with E-state index in [1.807, 2.05) is 26.0 Å². The van der Waals surface area contributed by atoms with E-state index < -0.39 is 5.97 Å². The van der Waals surface area contributed by atoms with Crippen molar-refractivity contribution in [1.82, 2.24) is 0 Å². The van der Waals surface area contributed by atoms with Crippen LogP contribution in [0.2, 0.25) is 5.02 Å². The number of benzene rings is 3. The molecule has 3 aromatic carbocycles. The third-order valence-electron chi connectivity index (χ3n) is 4.27. The molecule has 0 atom stereocenters. The van der Waals surface area contributed by atoms with Crippen molar-refractivity contribution in [2.45, 2.75) is 20.5 Å². The number of nitrogens with zero attached hydrogens (tertiary/aromatic N) is 1. The Morgan fingerprint density at radius 2 is 1.82 bits per heavy atom. The molecule has 0 saturated carbocycles. The first kappa shape index (κ1) is 19.6. The topological polar surface area (TPSA) is 58.9 Å². The fourth-order valence-electron chi connectivity index (χ4n) is 2.65. The minimum atomic E-state index is -0.949. The standard InChI is InChI=1S/C23H20ClNO3/c1-15-3-4-16(2)21(11-15)25-13-19-12-20(24)9-10-22(19)28-14-17-5-7-18(8-6-17)23(26)27/h3-13H,14H2,1-2H3,(H,26,27). The number of ether oxygens (including phenoxy) is 1. The maximum atomic E-state index is 10.9. The molecule has 0 spiro atoms. The third-order valence-corrected chi connectivity index (χ3v) is 4.51. The lowest BCUT2D eigenvalue weighted by atomic mass is 10.1. The molecule has 0 radical (unpaired) electrons. The monoisotopic (exact) mass is 393 g/mol. The lowest BCUT2D eigenvalue weighted by Gasteiger charge is -2.10.